The minimum atomic E-state index is 0. The van der Waals surface area contributed by atoms with E-state index >= 15 is 0 Å². The van der Waals surface area contributed by atoms with E-state index in [1.165, 1.54) is 5.56 Å². The van der Waals surface area contributed by atoms with Gasteiger partial charge in [-0.05, 0) is 23.5 Å². The highest BCUT2D eigenvalue weighted by molar-refractivity contribution is 14.0. The molecule has 1 aromatic rings. The van der Waals surface area contributed by atoms with Gasteiger partial charge in [-0.2, -0.15) is 0 Å². The molecule has 2 N–H and O–H groups in total. The molecule has 146 valence electrons. The Bertz CT molecular complexity index is 628. The quantitative estimate of drug-likeness (QED) is 0.391. The fourth-order valence-corrected chi connectivity index (χ4v) is 3.01. The normalized spacial score (nSPS) is 15.1. The molecule has 0 spiro atoms. The largest absolute Gasteiger partial charge is 0.379 e. The number of halogens is 1. The lowest BCUT2D eigenvalue weighted by Gasteiger charge is -2.30. The van der Waals surface area contributed by atoms with Crippen molar-refractivity contribution in [2.75, 3.05) is 38.7 Å². The summed E-state index contributed by atoms with van der Waals surface area (Å²) in [7, 11) is 3.41. The number of guanidine groups is 1. The number of ether oxygens (including phenoxy) is 1. The van der Waals surface area contributed by atoms with Gasteiger partial charge in [-0.15, -0.1) is 24.0 Å². The minimum Gasteiger partial charge on any atom is -0.379 e. The number of aliphatic imine (C=N–C) groups is 1. The molecule has 0 fully saturated rings. The molecule has 6 nitrogen and oxygen atoms in total. The molecule has 0 saturated carbocycles. The number of nitrogens with one attached hydrogen (secondary N) is 2. The number of hydrogen-bond acceptors (Lipinski definition) is 3. The molecular weight excluding hydrogens is 443 g/mol. The first-order chi connectivity index (χ1) is 11.9. The highest BCUT2D eigenvalue weighted by atomic mass is 127. The molecule has 1 heterocycles. The summed E-state index contributed by atoms with van der Waals surface area (Å²) in [6.07, 6.45) is 0.961. The molecule has 0 aromatic heterocycles. The van der Waals surface area contributed by atoms with Gasteiger partial charge >= 0.3 is 0 Å². The van der Waals surface area contributed by atoms with Crippen LogP contribution in [0.4, 0.5) is 5.69 Å². The van der Waals surface area contributed by atoms with Crippen LogP contribution in [0.25, 0.3) is 0 Å². The molecular formula is C19H31IN4O2. The summed E-state index contributed by atoms with van der Waals surface area (Å²) in [5.41, 5.74) is 2.27. The molecule has 0 aliphatic carbocycles. The molecule has 0 bridgehead atoms. The first kappa shape index (κ1) is 22.7. The number of para-hydroxylation sites is 1. The SMILES string of the molecule is CN=C(NCC(=O)N1CCc2ccccc21)NCC(OC)C(C)(C)C.I. The van der Waals surface area contributed by atoms with Crippen LogP contribution in [0.1, 0.15) is 26.3 Å². The summed E-state index contributed by atoms with van der Waals surface area (Å²) in [5, 5.41) is 6.34. The number of carbonyl (C=O) groups is 1. The lowest BCUT2D eigenvalue weighted by Crippen LogP contribution is -2.48. The molecule has 1 aliphatic heterocycles. The number of amides is 1. The van der Waals surface area contributed by atoms with Gasteiger partial charge in [0.1, 0.15) is 0 Å². The maximum Gasteiger partial charge on any atom is 0.246 e. The second-order valence-electron chi connectivity index (χ2n) is 7.32. The number of anilines is 1. The second kappa shape index (κ2) is 10.1. The highest BCUT2D eigenvalue weighted by Gasteiger charge is 2.25. The average Bonchev–Trinajstić information content (AvgIpc) is 3.00. The fraction of sp³-hybridized carbons (Fsp3) is 0.579. The van der Waals surface area contributed by atoms with Crippen LogP contribution in [0.3, 0.4) is 0 Å². The van der Waals surface area contributed by atoms with Crippen LogP contribution < -0.4 is 15.5 Å². The van der Waals surface area contributed by atoms with E-state index in [2.05, 4.69) is 42.5 Å². The lowest BCUT2D eigenvalue weighted by atomic mass is 9.89. The monoisotopic (exact) mass is 474 g/mol. The Balaban J connectivity index is 0.00000338. The van der Waals surface area contributed by atoms with Gasteiger partial charge in [0.25, 0.3) is 0 Å². The Morgan fingerprint density at radius 2 is 2.00 bits per heavy atom. The van der Waals surface area contributed by atoms with Gasteiger partial charge in [0.2, 0.25) is 5.91 Å². The zero-order valence-electron chi connectivity index (χ0n) is 16.3. The molecule has 2 rings (SSSR count). The number of hydrogen-bond donors (Lipinski definition) is 2. The van der Waals surface area contributed by atoms with Crippen molar-refractivity contribution in [3.8, 4) is 0 Å². The summed E-state index contributed by atoms with van der Waals surface area (Å²) in [4.78, 5) is 18.6. The Labute approximate surface area is 173 Å². The number of methoxy groups -OCH3 is 1. The van der Waals surface area contributed by atoms with Crippen molar-refractivity contribution in [2.24, 2.45) is 10.4 Å². The van der Waals surface area contributed by atoms with E-state index in [1.807, 2.05) is 23.1 Å². The summed E-state index contributed by atoms with van der Waals surface area (Å²) in [5.74, 6) is 0.652. The molecule has 1 atom stereocenters. The first-order valence-corrected chi connectivity index (χ1v) is 8.72. The topological polar surface area (TPSA) is 66.0 Å². The Hall–Kier alpha value is -1.35. The third kappa shape index (κ3) is 5.84. The average molecular weight is 474 g/mol. The van der Waals surface area contributed by atoms with Crippen LogP contribution in [0.2, 0.25) is 0 Å². The number of rotatable bonds is 5. The summed E-state index contributed by atoms with van der Waals surface area (Å²) < 4.78 is 5.54. The van der Waals surface area contributed by atoms with Crippen molar-refractivity contribution >= 4 is 41.5 Å². The number of benzene rings is 1. The van der Waals surface area contributed by atoms with Crippen molar-refractivity contribution in [1.82, 2.24) is 10.6 Å². The fourth-order valence-electron chi connectivity index (χ4n) is 3.01. The van der Waals surface area contributed by atoms with Gasteiger partial charge in [0.15, 0.2) is 5.96 Å². The van der Waals surface area contributed by atoms with E-state index in [0.717, 1.165) is 18.7 Å². The van der Waals surface area contributed by atoms with Crippen molar-refractivity contribution in [3.05, 3.63) is 29.8 Å². The molecule has 1 amide bonds. The van der Waals surface area contributed by atoms with E-state index in [9.17, 15) is 4.79 Å². The van der Waals surface area contributed by atoms with Crippen LogP contribution in [-0.2, 0) is 16.0 Å². The van der Waals surface area contributed by atoms with E-state index in [0.29, 0.717) is 12.5 Å². The zero-order chi connectivity index (χ0) is 18.4. The van der Waals surface area contributed by atoms with Gasteiger partial charge < -0.3 is 20.3 Å². The number of carbonyl (C=O) groups excluding carboxylic acids is 1. The summed E-state index contributed by atoms with van der Waals surface area (Å²) in [6.45, 7) is 7.97. The number of fused-ring (bicyclic) bond motifs is 1. The number of nitrogens with zero attached hydrogens (tertiary/aromatic N) is 2. The Morgan fingerprint density at radius 1 is 1.31 bits per heavy atom. The smallest absolute Gasteiger partial charge is 0.246 e. The molecule has 7 heteroatoms. The van der Waals surface area contributed by atoms with Crippen LogP contribution in [0.5, 0.6) is 0 Å². The van der Waals surface area contributed by atoms with E-state index in [-0.39, 0.29) is 47.9 Å². The Kier molecular flexibility index (Phi) is 8.82. The Morgan fingerprint density at radius 3 is 2.62 bits per heavy atom. The molecule has 26 heavy (non-hydrogen) atoms. The van der Waals surface area contributed by atoms with Crippen molar-refractivity contribution in [1.29, 1.82) is 0 Å². The second-order valence-corrected chi connectivity index (χ2v) is 7.32. The lowest BCUT2D eigenvalue weighted by molar-refractivity contribution is -0.117. The van der Waals surface area contributed by atoms with Gasteiger partial charge in [0.05, 0.1) is 12.6 Å². The highest BCUT2D eigenvalue weighted by Crippen LogP contribution is 2.27. The maximum atomic E-state index is 12.5. The first-order valence-electron chi connectivity index (χ1n) is 8.72. The van der Waals surface area contributed by atoms with E-state index in [1.54, 1.807) is 14.2 Å². The summed E-state index contributed by atoms with van der Waals surface area (Å²) >= 11 is 0. The van der Waals surface area contributed by atoms with E-state index in [4.69, 9.17) is 4.74 Å². The molecule has 1 aromatic carbocycles. The minimum absolute atomic E-state index is 0. The van der Waals surface area contributed by atoms with Crippen molar-refractivity contribution in [3.63, 3.8) is 0 Å². The maximum absolute atomic E-state index is 12.5. The van der Waals surface area contributed by atoms with Gasteiger partial charge in [-0.3, -0.25) is 9.79 Å². The molecule has 1 unspecified atom stereocenters. The van der Waals surface area contributed by atoms with Crippen LogP contribution >= 0.6 is 24.0 Å². The molecule has 0 saturated heterocycles. The summed E-state index contributed by atoms with van der Waals surface area (Å²) in [6, 6.07) is 8.06. The van der Waals surface area contributed by atoms with Crippen LogP contribution in [0, 0.1) is 5.41 Å². The van der Waals surface area contributed by atoms with Crippen molar-refractivity contribution in [2.45, 2.75) is 33.3 Å². The van der Waals surface area contributed by atoms with E-state index < -0.39 is 0 Å². The standard InChI is InChI=1S/C19H30N4O2.HI/c1-19(2,3)16(25-5)12-21-18(20-4)22-13-17(24)23-11-10-14-8-6-7-9-15(14)23;/h6-9,16H,10-13H2,1-5H3,(H2,20,21,22);1H. The van der Waals surface area contributed by atoms with Crippen molar-refractivity contribution < 1.29 is 9.53 Å². The van der Waals surface area contributed by atoms with Crippen LogP contribution in [-0.4, -0.2) is 51.8 Å². The van der Waals surface area contributed by atoms with Crippen LogP contribution in [0.15, 0.2) is 29.3 Å². The van der Waals surface area contributed by atoms with Gasteiger partial charge in [-0.25, -0.2) is 0 Å². The third-order valence-corrected chi connectivity index (χ3v) is 4.52. The third-order valence-electron chi connectivity index (χ3n) is 4.52. The predicted octanol–water partition coefficient (Wildman–Crippen LogP) is 2.42. The molecule has 1 aliphatic rings. The predicted molar refractivity (Wildman–Crippen MR) is 118 cm³/mol. The zero-order valence-corrected chi connectivity index (χ0v) is 18.7. The van der Waals surface area contributed by atoms with Gasteiger partial charge in [0, 0.05) is 32.9 Å². The van der Waals surface area contributed by atoms with Gasteiger partial charge in [-0.1, -0.05) is 39.0 Å². The molecule has 0 radical (unpaired) electrons.